The predicted molar refractivity (Wildman–Crippen MR) is 73.2 cm³/mol. The molecule has 0 fully saturated rings. The number of methoxy groups -OCH3 is 1. The third-order valence-corrected chi connectivity index (χ3v) is 2.42. The van der Waals surface area contributed by atoms with E-state index in [1.165, 1.54) is 0 Å². The molecule has 0 saturated heterocycles. The molecule has 0 spiro atoms. The highest BCUT2D eigenvalue weighted by atomic mass is 35.5. The van der Waals surface area contributed by atoms with Gasteiger partial charge in [-0.1, -0.05) is 11.6 Å². The fourth-order valence-electron chi connectivity index (χ4n) is 1.27. The van der Waals surface area contributed by atoms with Crippen molar-refractivity contribution in [3.63, 3.8) is 0 Å². The van der Waals surface area contributed by atoms with E-state index in [4.69, 9.17) is 16.3 Å². The van der Waals surface area contributed by atoms with E-state index in [9.17, 15) is 4.79 Å². The van der Waals surface area contributed by atoms with E-state index < -0.39 is 0 Å². The molecule has 100 valence electrons. The average Bonchev–Trinajstić information content (AvgIpc) is 2.36. The monoisotopic (exact) mass is 271 g/mol. The van der Waals surface area contributed by atoms with Gasteiger partial charge in [-0.15, -0.1) is 0 Å². The highest BCUT2D eigenvalue weighted by molar-refractivity contribution is 6.30. The number of rotatable bonds is 7. The maximum absolute atomic E-state index is 11.5. The third-order valence-electron chi connectivity index (χ3n) is 2.17. The molecule has 6 heteroatoms. The number of benzene rings is 1. The second kappa shape index (κ2) is 8.74. The number of urea groups is 1. The third kappa shape index (κ3) is 6.44. The van der Waals surface area contributed by atoms with Gasteiger partial charge in [0.25, 0.3) is 0 Å². The van der Waals surface area contributed by atoms with E-state index in [1.54, 1.807) is 31.4 Å². The molecule has 0 saturated carbocycles. The van der Waals surface area contributed by atoms with Crippen molar-refractivity contribution < 1.29 is 9.53 Å². The molecule has 0 bridgehead atoms. The van der Waals surface area contributed by atoms with Crippen LogP contribution in [-0.4, -0.2) is 39.4 Å². The maximum Gasteiger partial charge on any atom is 0.319 e. The lowest BCUT2D eigenvalue weighted by Gasteiger charge is -2.08. The van der Waals surface area contributed by atoms with Gasteiger partial charge < -0.3 is 20.7 Å². The molecule has 5 nitrogen and oxygen atoms in total. The van der Waals surface area contributed by atoms with Crippen molar-refractivity contribution in [1.82, 2.24) is 10.6 Å². The van der Waals surface area contributed by atoms with Crippen LogP contribution in [0.25, 0.3) is 0 Å². The van der Waals surface area contributed by atoms with Gasteiger partial charge in [-0.2, -0.15) is 0 Å². The van der Waals surface area contributed by atoms with Crippen molar-refractivity contribution in [3.05, 3.63) is 29.3 Å². The Balaban J connectivity index is 2.12. The van der Waals surface area contributed by atoms with Crippen LogP contribution < -0.4 is 16.0 Å². The Morgan fingerprint density at radius 1 is 1.22 bits per heavy atom. The normalized spacial score (nSPS) is 10.1. The highest BCUT2D eigenvalue weighted by Crippen LogP contribution is 2.12. The smallest absolute Gasteiger partial charge is 0.319 e. The maximum atomic E-state index is 11.5. The molecule has 0 aliphatic rings. The zero-order valence-corrected chi connectivity index (χ0v) is 11.1. The molecule has 0 aliphatic carbocycles. The van der Waals surface area contributed by atoms with Gasteiger partial charge in [-0.25, -0.2) is 4.79 Å². The summed E-state index contributed by atoms with van der Waals surface area (Å²) in [6.45, 7) is 2.70. The van der Waals surface area contributed by atoms with Crippen LogP contribution in [0.3, 0.4) is 0 Å². The zero-order chi connectivity index (χ0) is 13.2. The Morgan fingerprint density at radius 2 is 1.94 bits per heavy atom. The van der Waals surface area contributed by atoms with Crippen LogP contribution in [-0.2, 0) is 4.74 Å². The van der Waals surface area contributed by atoms with Gasteiger partial charge in [0.2, 0.25) is 0 Å². The first kappa shape index (κ1) is 14.8. The number of nitrogens with one attached hydrogen (secondary N) is 3. The minimum Gasteiger partial charge on any atom is -0.383 e. The van der Waals surface area contributed by atoms with Crippen molar-refractivity contribution in [1.29, 1.82) is 0 Å². The fraction of sp³-hybridized carbons (Fsp3) is 0.417. The van der Waals surface area contributed by atoms with Crippen molar-refractivity contribution in [2.24, 2.45) is 0 Å². The van der Waals surface area contributed by atoms with Crippen molar-refractivity contribution in [2.45, 2.75) is 0 Å². The molecule has 0 aromatic heterocycles. The Kier molecular flexibility index (Phi) is 7.17. The van der Waals surface area contributed by atoms with Gasteiger partial charge in [0.1, 0.15) is 0 Å². The summed E-state index contributed by atoms with van der Waals surface area (Å²) in [5.41, 5.74) is 0.712. The van der Waals surface area contributed by atoms with E-state index in [-0.39, 0.29) is 6.03 Å². The lowest BCUT2D eigenvalue weighted by molar-refractivity contribution is 0.199. The number of halogens is 1. The van der Waals surface area contributed by atoms with Crippen LogP contribution in [0, 0.1) is 0 Å². The summed E-state index contributed by atoms with van der Waals surface area (Å²) >= 11 is 5.75. The van der Waals surface area contributed by atoms with Crippen LogP contribution >= 0.6 is 11.6 Å². The summed E-state index contributed by atoms with van der Waals surface area (Å²) in [6, 6.07) is 6.72. The van der Waals surface area contributed by atoms with E-state index in [1.807, 2.05) is 0 Å². The summed E-state index contributed by atoms with van der Waals surface area (Å²) in [4.78, 5) is 11.5. The van der Waals surface area contributed by atoms with E-state index in [2.05, 4.69) is 16.0 Å². The fourth-order valence-corrected chi connectivity index (χ4v) is 1.40. The van der Waals surface area contributed by atoms with Crippen molar-refractivity contribution >= 4 is 23.3 Å². The van der Waals surface area contributed by atoms with E-state index in [0.29, 0.717) is 30.4 Å². The minimum atomic E-state index is -0.231. The largest absolute Gasteiger partial charge is 0.383 e. The summed E-state index contributed by atoms with van der Waals surface area (Å²) < 4.78 is 4.89. The van der Waals surface area contributed by atoms with Gasteiger partial charge in [0.05, 0.1) is 6.61 Å². The number of amides is 2. The van der Waals surface area contributed by atoms with Gasteiger partial charge >= 0.3 is 6.03 Å². The van der Waals surface area contributed by atoms with Gasteiger partial charge in [-0.3, -0.25) is 0 Å². The average molecular weight is 272 g/mol. The van der Waals surface area contributed by atoms with Crippen LogP contribution in [0.2, 0.25) is 5.02 Å². The Morgan fingerprint density at radius 3 is 2.61 bits per heavy atom. The number of anilines is 1. The number of carbonyl (C=O) groups excluding carboxylic acids is 1. The van der Waals surface area contributed by atoms with Gasteiger partial charge in [-0.05, 0) is 24.3 Å². The SMILES string of the molecule is COCCNCCNC(=O)Nc1ccc(Cl)cc1. The summed E-state index contributed by atoms with van der Waals surface area (Å²) in [7, 11) is 1.65. The number of carbonyl (C=O) groups is 1. The minimum absolute atomic E-state index is 0.231. The number of hydrogen-bond donors (Lipinski definition) is 3. The molecule has 1 aromatic rings. The van der Waals surface area contributed by atoms with E-state index in [0.717, 1.165) is 6.54 Å². The molecule has 0 radical (unpaired) electrons. The quantitative estimate of drug-likeness (QED) is 0.662. The van der Waals surface area contributed by atoms with Crippen molar-refractivity contribution in [2.75, 3.05) is 38.7 Å². The molecule has 3 N–H and O–H groups in total. The standard InChI is InChI=1S/C12H18ClN3O2/c1-18-9-8-14-6-7-15-12(17)16-11-4-2-10(13)3-5-11/h2-5,14H,6-9H2,1H3,(H2,15,16,17). The second-order valence-corrected chi connectivity index (χ2v) is 4.07. The van der Waals surface area contributed by atoms with Gasteiger partial charge in [0.15, 0.2) is 0 Å². The highest BCUT2D eigenvalue weighted by Gasteiger charge is 2.00. The Bertz CT molecular complexity index is 357. The molecule has 1 aromatic carbocycles. The molecule has 1 rings (SSSR count). The lowest BCUT2D eigenvalue weighted by atomic mass is 10.3. The first-order chi connectivity index (χ1) is 8.72. The molecule has 18 heavy (non-hydrogen) atoms. The first-order valence-electron chi connectivity index (χ1n) is 5.72. The number of hydrogen-bond acceptors (Lipinski definition) is 3. The molecular weight excluding hydrogens is 254 g/mol. The van der Waals surface area contributed by atoms with Crippen LogP contribution in [0.5, 0.6) is 0 Å². The molecule has 0 atom stereocenters. The Labute approximate surface area is 112 Å². The topological polar surface area (TPSA) is 62.4 Å². The Hall–Kier alpha value is -1.30. The molecule has 2 amide bonds. The summed E-state index contributed by atoms with van der Waals surface area (Å²) in [6.07, 6.45) is 0. The predicted octanol–water partition coefficient (Wildman–Crippen LogP) is 1.70. The van der Waals surface area contributed by atoms with Crippen LogP contribution in [0.4, 0.5) is 10.5 Å². The van der Waals surface area contributed by atoms with Crippen LogP contribution in [0.1, 0.15) is 0 Å². The van der Waals surface area contributed by atoms with Crippen molar-refractivity contribution in [3.8, 4) is 0 Å². The lowest BCUT2D eigenvalue weighted by Crippen LogP contribution is -2.35. The molecular formula is C12H18ClN3O2. The summed E-state index contributed by atoms with van der Waals surface area (Å²) in [5.74, 6) is 0. The van der Waals surface area contributed by atoms with E-state index >= 15 is 0 Å². The molecule has 0 heterocycles. The summed E-state index contributed by atoms with van der Waals surface area (Å²) in [5, 5.41) is 9.22. The number of ether oxygens (including phenoxy) is 1. The second-order valence-electron chi connectivity index (χ2n) is 3.63. The first-order valence-corrected chi connectivity index (χ1v) is 6.10. The zero-order valence-electron chi connectivity index (χ0n) is 10.3. The molecule has 0 unspecified atom stereocenters. The van der Waals surface area contributed by atoms with Gasteiger partial charge in [0, 0.05) is 37.5 Å². The van der Waals surface area contributed by atoms with Crippen LogP contribution in [0.15, 0.2) is 24.3 Å². The molecule has 0 aliphatic heterocycles.